The third kappa shape index (κ3) is 3.96. The molecule has 1 amide bonds. The molecule has 0 radical (unpaired) electrons. The van der Waals surface area contributed by atoms with Crippen LogP contribution in [0.25, 0.3) is 5.65 Å². The van der Waals surface area contributed by atoms with Crippen molar-refractivity contribution >= 4 is 11.6 Å². The SMILES string of the molecule is CN(CCC1CCCCC1)C(=O)c1cnc2ccc(C(F)(F)F)cn12. The minimum Gasteiger partial charge on any atom is -0.340 e. The average Bonchev–Trinajstić information content (AvgIpc) is 3.02. The number of carbonyl (C=O) groups is 1. The van der Waals surface area contributed by atoms with Crippen LogP contribution in [-0.2, 0) is 6.18 Å². The van der Waals surface area contributed by atoms with Crippen LogP contribution in [0.2, 0.25) is 0 Å². The first-order chi connectivity index (χ1) is 11.9. The maximum Gasteiger partial charge on any atom is 0.417 e. The largest absolute Gasteiger partial charge is 0.417 e. The van der Waals surface area contributed by atoms with Crippen LogP contribution in [0.1, 0.15) is 54.6 Å². The summed E-state index contributed by atoms with van der Waals surface area (Å²) in [7, 11) is 1.69. The third-order valence-corrected chi connectivity index (χ3v) is 5.00. The van der Waals surface area contributed by atoms with Crippen LogP contribution in [0.15, 0.2) is 24.5 Å². The van der Waals surface area contributed by atoms with Gasteiger partial charge in [0.15, 0.2) is 0 Å². The number of nitrogens with zero attached hydrogens (tertiary/aromatic N) is 3. The molecule has 1 aliphatic carbocycles. The molecule has 7 heteroatoms. The fourth-order valence-corrected chi connectivity index (χ4v) is 3.46. The van der Waals surface area contributed by atoms with Gasteiger partial charge >= 0.3 is 6.18 Å². The first-order valence-corrected chi connectivity index (χ1v) is 8.66. The summed E-state index contributed by atoms with van der Waals surface area (Å²) in [5.41, 5.74) is -0.304. The van der Waals surface area contributed by atoms with E-state index in [4.69, 9.17) is 0 Å². The van der Waals surface area contributed by atoms with Crippen LogP contribution in [0.5, 0.6) is 0 Å². The highest BCUT2D eigenvalue weighted by Gasteiger charge is 2.31. The molecular weight excluding hydrogens is 331 g/mol. The Labute approximate surface area is 144 Å². The molecule has 136 valence electrons. The number of alkyl halides is 3. The number of aromatic nitrogens is 2. The van der Waals surface area contributed by atoms with E-state index in [1.807, 2.05) is 0 Å². The first kappa shape index (κ1) is 17.8. The number of rotatable bonds is 4. The molecule has 0 spiro atoms. The van der Waals surface area contributed by atoms with E-state index in [2.05, 4.69) is 4.98 Å². The topological polar surface area (TPSA) is 37.6 Å². The first-order valence-electron chi connectivity index (χ1n) is 8.66. The molecule has 3 rings (SSSR count). The van der Waals surface area contributed by atoms with Crippen molar-refractivity contribution in [2.75, 3.05) is 13.6 Å². The molecular formula is C18H22F3N3O. The van der Waals surface area contributed by atoms with Gasteiger partial charge in [0.1, 0.15) is 11.3 Å². The number of imidazole rings is 1. The summed E-state index contributed by atoms with van der Waals surface area (Å²) in [6.45, 7) is 0.607. The van der Waals surface area contributed by atoms with E-state index in [-0.39, 0.29) is 11.6 Å². The van der Waals surface area contributed by atoms with E-state index in [9.17, 15) is 18.0 Å². The van der Waals surface area contributed by atoms with Gasteiger partial charge in [-0.25, -0.2) is 4.98 Å². The highest BCUT2D eigenvalue weighted by molar-refractivity contribution is 5.93. The molecule has 2 aromatic rings. The molecule has 1 saturated carbocycles. The molecule has 0 atom stereocenters. The van der Waals surface area contributed by atoms with Gasteiger partial charge in [0.25, 0.3) is 5.91 Å². The molecule has 0 saturated heterocycles. The van der Waals surface area contributed by atoms with Crippen LogP contribution in [0.4, 0.5) is 13.2 Å². The highest BCUT2D eigenvalue weighted by Crippen LogP contribution is 2.30. The number of pyridine rings is 1. The Balaban J connectivity index is 1.74. The summed E-state index contributed by atoms with van der Waals surface area (Å²) < 4.78 is 40.0. The van der Waals surface area contributed by atoms with Gasteiger partial charge in [-0.15, -0.1) is 0 Å². The molecule has 2 heterocycles. The van der Waals surface area contributed by atoms with Gasteiger partial charge in [0.05, 0.1) is 11.8 Å². The van der Waals surface area contributed by atoms with Crippen molar-refractivity contribution in [1.82, 2.24) is 14.3 Å². The Morgan fingerprint density at radius 2 is 2.00 bits per heavy atom. The molecule has 0 aromatic carbocycles. The fraction of sp³-hybridized carbons (Fsp3) is 0.556. The van der Waals surface area contributed by atoms with E-state index < -0.39 is 11.7 Å². The molecule has 4 nitrogen and oxygen atoms in total. The lowest BCUT2D eigenvalue weighted by Gasteiger charge is -2.24. The zero-order valence-electron chi connectivity index (χ0n) is 14.2. The minimum atomic E-state index is -4.45. The van der Waals surface area contributed by atoms with Gasteiger partial charge in [-0.05, 0) is 24.5 Å². The molecule has 1 aliphatic rings. The molecule has 25 heavy (non-hydrogen) atoms. The van der Waals surface area contributed by atoms with Gasteiger partial charge in [0, 0.05) is 19.8 Å². The number of fused-ring (bicyclic) bond motifs is 1. The van der Waals surface area contributed by atoms with Gasteiger partial charge in [-0.1, -0.05) is 32.1 Å². The summed E-state index contributed by atoms with van der Waals surface area (Å²) in [6.07, 6.45) is 4.94. The highest BCUT2D eigenvalue weighted by atomic mass is 19.4. The number of carbonyl (C=O) groups excluding carboxylic acids is 1. The van der Waals surface area contributed by atoms with E-state index in [0.717, 1.165) is 18.7 Å². The standard InChI is InChI=1S/C18H22F3N3O/c1-23(10-9-13-5-3-2-4-6-13)17(25)15-11-22-16-8-7-14(12-24(15)16)18(19,20)21/h7-8,11-13H,2-6,9-10H2,1H3. The second kappa shape index (κ2) is 7.06. The van der Waals surface area contributed by atoms with Crippen molar-refractivity contribution in [1.29, 1.82) is 0 Å². The van der Waals surface area contributed by atoms with Gasteiger partial charge < -0.3 is 4.90 Å². The van der Waals surface area contributed by atoms with Crippen molar-refractivity contribution in [3.05, 3.63) is 35.8 Å². The Hall–Kier alpha value is -2.05. The lowest BCUT2D eigenvalue weighted by Crippen LogP contribution is -2.30. The number of hydrogen-bond acceptors (Lipinski definition) is 2. The summed E-state index contributed by atoms with van der Waals surface area (Å²) in [6, 6.07) is 2.25. The number of halogens is 3. The smallest absolute Gasteiger partial charge is 0.340 e. The molecule has 0 aliphatic heterocycles. The summed E-state index contributed by atoms with van der Waals surface area (Å²) in [4.78, 5) is 18.3. The zero-order chi connectivity index (χ0) is 18.0. The lowest BCUT2D eigenvalue weighted by atomic mass is 9.87. The van der Waals surface area contributed by atoms with Crippen molar-refractivity contribution in [2.24, 2.45) is 5.92 Å². The Bertz CT molecular complexity index is 748. The molecule has 0 unspecified atom stereocenters. The monoisotopic (exact) mass is 353 g/mol. The van der Waals surface area contributed by atoms with E-state index >= 15 is 0 Å². The Morgan fingerprint density at radius 1 is 1.28 bits per heavy atom. The van der Waals surface area contributed by atoms with Crippen molar-refractivity contribution < 1.29 is 18.0 Å². The van der Waals surface area contributed by atoms with Crippen LogP contribution < -0.4 is 0 Å². The van der Waals surface area contributed by atoms with E-state index in [1.54, 1.807) is 11.9 Å². The van der Waals surface area contributed by atoms with Gasteiger partial charge in [-0.3, -0.25) is 9.20 Å². The molecule has 0 bridgehead atoms. The molecule has 1 fully saturated rings. The normalized spacial score (nSPS) is 16.3. The molecule has 0 N–H and O–H groups in total. The summed E-state index contributed by atoms with van der Waals surface area (Å²) in [5, 5.41) is 0. The zero-order valence-corrected chi connectivity index (χ0v) is 14.2. The van der Waals surface area contributed by atoms with Crippen LogP contribution in [-0.4, -0.2) is 33.8 Å². The lowest BCUT2D eigenvalue weighted by molar-refractivity contribution is -0.137. The van der Waals surface area contributed by atoms with E-state index in [0.29, 0.717) is 18.1 Å². The van der Waals surface area contributed by atoms with Crippen molar-refractivity contribution in [2.45, 2.75) is 44.7 Å². The maximum atomic E-state index is 12.9. The molecule has 2 aromatic heterocycles. The quantitative estimate of drug-likeness (QED) is 0.817. The third-order valence-electron chi connectivity index (χ3n) is 5.00. The fourth-order valence-electron chi connectivity index (χ4n) is 3.46. The van der Waals surface area contributed by atoms with Crippen LogP contribution in [0.3, 0.4) is 0 Å². The maximum absolute atomic E-state index is 12.9. The summed E-state index contributed by atoms with van der Waals surface area (Å²) in [5.74, 6) is 0.339. The summed E-state index contributed by atoms with van der Waals surface area (Å²) >= 11 is 0. The van der Waals surface area contributed by atoms with Gasteiger partial charge in [0.2, 0.25) is 0 Å². The predicted molar refractivity (Wildman–Crippen MR) is 88.3 cm³/mol. The Kier molecular flexibility index (Phi) is 5.01. The number of hydrogen-bond donors (Lipinski definition) is 0. The van der Waals surface area contributed by atoms with Crippen LogP contribution in [0, 0.1) is 5.92 Å². The predicted octanol–water partition coefficient (Wildman–Crippen LogP) is 4.40. The van der Waals surface area contributed by atoms with Gasteiger partial charge in [-0.2, -0.15) is 13.2 Å². The van der Waals surface area contributed by atoms with Crippen molar-refractivity contribution in [3.8, 4) is 0 Å². The number of amides is 1. The Morgan fingerprint density at radius 3 is 2.68 bits per heavy atom. The van der Waals surface area contributed by atoms with Crippen LogP contribution >= 0.6 is 0 Å². The second-order valence-electron chi connectivity index (χ2n) is 6.81. The van der Waals surface area contributed by atoms with E-state index in [1.165, 1.54) is 48.8 Å². The average molecular weight is 353 g/mol. The second-order valence-corrected chi connectivity index (χ2v) is 6.81. The van der Waals surface area contributed by atoms with Crippen molar-refractivity contribution in [3.63, 3.8) is 0 Å². The minimum absolute atomic E-state index is 0.159.